The van der Waals surface area contributed by atoms with E-state index >= 15 is 0 Å². The van der Waals surface area contributed by atoms with E-state index < -0.39 is 0 Å². The van der Waals surface area contributed by atoms with Crippen LogP contribution in [0.3, 0.4) is 0 Å². The highest BCUT2D eigenvalue weighted by Gasteiger charge is 2.59. The lowest BCUT2D eigenvalue weighted by molar-refractivity contribution is -0.148. The van der Waals surface area contributed by atoms with Gasteiger partial charge in [-0.15, -0.1) is 0 Å². The molecule has 2 fully saturated rings. The molecule has 1 aliphatic carbocycles. The number of ether oxygens (including phenoxy) is 2. The van der Waals surface area contributed by atoms with Crippen molar-refractivity contribution in [2.24, 2.45) is 29.6 Å². The zero-order valence-electron chi connectivity index (χ0n) is 30.5. The van der Waals surface area contributed by atoms with E-state index in [0.29, 0.717) is 43.3 Å². The summed E-state index contributed by atoms with van der Waals surface area (Å²) in [7, 11) is 2.16. The molecule has 1 saturated carbocycles. The molecule has 0 amide bonds. The highest BCUT2D eigenvalue weighted by molar-refractivity contribution is 5.77. The first kappa shape index (κ1) is 42.9. The van der Waals surface area contributed by atoms with Gasteiger partial charge in [0, 0.05) is 19.5 Å². The number of unbranched alkanes of at least 4 members (excludes halogenated alkanes) is 16. The second kappa shape index (κ2) is 27.8. The van der Waals surface area contributed by atoms with Gasteiger partial charge < -0.3 is 14.4 Å². The van der Waals surface area contributed by atoms with Crippen LogP contribution in [0.15, 0.2) is 0 Å². The smallest absolute Gasteiger partial charge is 0.309 e. The molecule has 46 heavy (non-hydrogen) atoms. The minimum atomic E-state index is 0. The van der Waals surface area contributed by atoms with Gasteiger partial charge >= 0.3 is 11.9 Å². The SMILES string of the molecule is C.CCCCCCCCCCC(CCCCCCCCC(=O)OCC(CCCC)CCCCCC)COC(=O)C1[C@H]2CN(C)C[C@@H]12. The first-order valence-corrected chi connectivity index (χ1v) is 20.0. The van der Waals surface area contributed by atoms with Gasteiger partial charge in [0.05, 0.1) is 19.1 Å². The third-order valence-electron chi connectivity index (χ3n) is 10.7. The summed E-state index contributed by atoms with van der Waals surface area (Å²) in [5.74, 6) is 2.44. The molecule has 1 saturated heterocycles. The Morgan fingerprint density at radius 1 is 0.565 bits per heavy atom. The number of fused-ring (bicyclic) bond motifs is 1. The standard InChI is InChI=1S/C40H75NO4.CH4/c1-5-8-11-13-14-15-18-22-27-35(33-45-40(43)39-36-30-41(4)31-37(36)39)28-23-19-16-17-20-24-29-38(42)44-32-34(25-10-7-3)26-21-12-9-6-2;/h34-37,39H,5-33H2,1-4H3;1H4/t34?,35?,36-,37+,39?;. The highest BCUT2D eigenvalue weighted by atomic mass is 16.5. The minimum absolute atomic E-state index is 0. The monoisotopic (exact) mass is 650 g/mol. The van der Waals surface area contributed by atoms with Crippen molar-refractivity contribution in [3.05, 3.63) is 0 Å². The molecule has 5 nitrogen and oxygen atoms in total. The zero-order chi connectivity index (χ0) is 32.5. The molecule has 2 rings (SSSR count). The molecule has 1 heterocycles. The topological polar surface area (TPSA) is 55.8 Å². The number of esters is 2. The molecule has 0 spiro atoms. The van der Waals surface area contributed by atoms with E-state index in [1.54, 1.807) is 0 Å². The Morgan fingerprint density at radius 2 is 0.957 bits per heavy atom. The van der Waals surface area contributed by atoms with E-state index in [4.69, 9.17) is 9.47 Å². The number of rotatable bonds is 31. The van der Waals surface area contributed by atoms with Gasteiger partial charge in [-0.25, -0.2) is 0 Å². The zero-order valence-corrected chi connectivity index (χ0v) is 30.5. The molecule has 0 aromatic heterocycles. The van der Waals surface area contributed by atoms with E-state index in [-0.39, 0.29) is 25.3 Å². The maximum atomic E-state index is 12.8. The van der Waals surface area contributed by atoms with Crippen LogP contribution in [0.2, 0.25) is 0 Å². The van der Waals surface area contributed by atoms with Crippen molar-refractivity contribution in [2.45, 2.75) is 189 Å². The molecular weight excluding hydrogens is 570 g/mol. The molecule has 5 atom stereocenters. The highest BCUT2D eigenvalue weighted by Crippen LogP contribution is 2.51. The number of nitrogens with zero attached hydrogens (tertiary/aromatic N) is 1. The van der Waals surface area contributed by atoms with Gasteiger partial charge in [-0.05, 0) is 62.8 Å². The average Bonchev–Trinajstić information content (AvgIpc) is 3.56. The maximum Gasteiger partial charge on any atom is 0.309 e. The normalized spacial score (nSPS) is 20.1. The maximum absolute atomic E-state index is 12.8. The quantitative estimate of drug-likeness (QED) is 0.0552. The summed E-state index contributed by atoms with van der Waals surface area (Å²) < 4.78 is 11.6. The second-order valence-electron chi connectivity index (χ2n) is 15.0. The lowest BCUT2D eigenvalue weighted by atomic mass is 9.94. The third-order valence-corrected chi connectivity index (χ3v) is 10.7. The molecule has 0 bridgehead atoms. The molecule has 0 aromatic rings. The Hall–Kier alpha value is -1.10. The molecule has 272 valence electrons. The summed E-state index contributed by atoms with van der Waals surface area (Å²) in [6, 6.07) is 0. The second-order valence-corrected chi connectivity index (χ2v) is 15.0. The van der Waals surface area contributed by atoms with E-state index in [1.807, 2.05) is 0 Å². The van der Waals surface area contributed by atoms with Crippen LogP contribution < -0.4 is 0 Å². The summed E-state index contributed by atoms with van der Waals surface area (Å²) in [4.78, 5) is 27.5. The predicted octanol–water partition coefficient (Wildman–Crippen LogP) is 11.6. The van der Waals surface area contributed by atoms with Crippen LogP contribution in [0.4, 0.5) is 0 Å². The van der Waals surface area contributed by atoms with Gasteiger partial charge in [0.1, 0.15) is 0 Å². The van der Waals surface area contributed by atoms with Crippen LogP contribution in [-0.4, -0.2) is 50.2 Å². The van der Waals surface area contributed by atoms with E-state index in [9.17, 15) is 9.59 Å². The minimum Gasteiger partial charge on any atom is -0.465 e. The van der Waals surface area contributed by atoms with Gasteiger partial charge in [-0.2, -0.15) is 0 Å². The molecule has 0 aromatic carbocycles. The van der Waals surface area contributed by atoms with E-state index in [1.165, 1.54) is 141 Å². The number of carbonyl (C=O) groups excluding carboxylic acids is 2. The van der Waals surface area contributed by atoms with Crippen molar-refractivity contribution in [2.75, 3.05) is 33.4 Å². The molecule has 5 heteroatoms. The number of carbonyl (C=O) groups is 2. The van der Waals surface area contributed by atoms with Crippen molar-refractivity contribution >= 4 is 11.9 Å². The van der Waals surface area contributed by atoms with Crippen LogP contribution in [0, 0.1) is 29.6 Å². The summed E-state index contributed by atoms with van der Waals surface area (Å²) in [6.07, 6.45) is 30.7. The van der Waals surface area contributed by atoms with Crippen LogP contribution in [0.5, 0.6) is 0 Å². The Balaban J connectivity index is 0.0000106. The van der Waals surface area contributed by atoms with E-state index in [2.05, 4.69) is 32.7 Å². The van der Waals surface area contributed by atoms with Gasteiger partial charge in [0.25, 0.3) is 0 Å². The summed E-state index contributed by atoms with van der Waals surface area (Å²) >= 11 is 0. The summed E-state index contributed by atoms with van der Waals surface area (Å²) in [5.41, 5.74) is 0. The fourth-order valence-electron chi connectivity index (χ4n) is 7.62. The lowest BCUT2D eigenvalue weighted by Crippen LogP contribution is -2.24. The Morgan fingerprint density at radius 3 is 1.46 bits per heavy atom. The van der Waals surface area contributed by atoms with Gasteiger partial charge in [-0.3, -0.25) is 9.59 Å². The largest absolute Gasteiger partial charge is 0.465 e. The molecule has 1 aliphatic heterocycles. The Bertz CT molecular complexity index is 730. The van der Waals surface area contributed by atoms with Crippen molar-refractivity contribution in [3.8, 4) is 0 Å². The van der Waals surface area contributed by atoms with Crippen molar-refractivity contribution in [3.63, 3.8) is 0 Å². The fraction of sp³-hybridized carbons (Fsp3) is 0.951. The number of hydrogen-bond acceptors (Lipinski definition) is 5. The van der Waals surface area contributed by atoms with E-state index in [0.717, 1.165) is 25.9 Å². The first-order valence-electron chi connectivity index (χ1n) is 20.0. The van der Waals surface area contributed by atoms with Crippen molar-refractivity contribution < 1.29 is 19.1 Å². The fourth-order valence-corrected chi connectivity index (χ4v) is 7.62. The summed E-state index contributed by atoms with van der Waals surface area (Å²) in [5, 5.41) is 0. The molecule has 0 radical (unpaired) electrons. The molecular formula is C41H79NO4. The first-order chi connectivity index (χ1) is 22.0. The van der Waals surface area contributed by atoms with Crippen molar-refractivity contribution in [1.82, 2.24) is 4.90 Å². The van der Waals surface area contributed by atoms with Gasteiger partial charge in [0.2, 0.25) is 0 Å². The van der Waals surface area contributed by atoms with Crippen LogP contribution >= 0.6 is 0 Å². The third kappa shape index (κ3) is 19.7. The number of hydrogen-bond donors (Lipinski definition) is 0. The number of likely N-dealkylation sites (tertiary alicyclic amines) is 1. The van der Waals surface area contributed by atoms with Gasteiger partial charge in [-0.1, -0.05) is 150 Å². The lowest BCUT2D eigenvalue weighted by Gasteiger charge is -2.18. The molecule has 3 unspecified atom stereocenters. The van der Waals surface area contributed by atoms with Crippen LogP contribution in [-0.2, 0) is 19.1 Å². The Kier molecular flexibility index (Phi) is 25.9. The number of piperidine rings is 1. The van der Waals surface area contributed by atoms with Gasteiger partial charge in [0.15, 0.2) is 0 Å². The van der Waals surface area contributed by atoms with Crippen LogP contribution in [0.1, 0.15) is 189 Å². The molecule has 0 N–H and O–H groups in total. The Labute approximate surface area is 287 Å². The average molecular weight is 650 g/mol. The molecule has 2 aliphatic rings. The predicted molar refractivity (Wildman–Crippen MR) is 196 cm³/mol. The van der Waals surface area contributed by atoms with Crippen molar-refractivity contribution in [1.29, 1.82) is 0 Å². The summed E-state index contributed by atoms with van der Waals surface area (Å²) in [6.45, 7) is 10.1. The van der Waals surface area contributed by atoms with Crippen LogP contribution in [0.25, 0.3) is 0 Å².